The molecule has 0 saturated carbocycles. The smallest absolute Gasteiger partial charge is 0.278 e. The fourth-order valence-electron chi connectivity index (χ4n) is 3.13. The van der Waals surface area contributed by atoms with Crippen LogP contribution in [0.1, 0.15) is 27.2 Å². The lowest BCUT2D eigenvalue weighted by atomic mass is 10.1. The van der Waals surface area contributed by atoms with Crippen molar-refractivity contribution in [1.82, 2.24) is 24.5 Å². The topological polar surface area (TPSA) is 86.9 Å². The highest BCUT2D eigenvalue weighted by Gasteiger charge is 2.13. The maximum Gasteiger partial charge on any atom is 0.278 e. The molecule has 1 N–H and O–H groups in total. The van der Waals surface area contributed by atoms with Crippen LogP contribution in [0.25, 0.3) is 0 Å². The van der Waals surface area contributed by atoms with Gasteiger partial charge >= 0.3 is 0 Å². The summed E-state index contributed by atoms with van der Waals surface area (Å²) in [6, 6.07) is 12.9. The third-order valence-electron chi connectivity index (χ3n) is 4.52. The second-order valence-electron chi connectivity index (χ2n) is 7.31. The van der Waals surface area contributed by atoms with Gasteiger partial charge in [0.2, 0.25) is 5.95 Å². The highest BCUT2D eigenvalue weighted by molar-refractivity contribution is 6.42. The van der Waals surface area contributed by atoms with Gasteiger partial charge in [0.15, 0.2) is 12.4 Å². The monoisotopic (exact) mass is 470 g/mol. The molecule has 8 nitrogen and oxygen atoms in total. The summed E-state index contributed by atoms with van der Waals surface area (Å²) in [5, 5.41) is 12.1. The average Bonchev–Trinajstić information content (AvgIpc) is 3.38. The Morgan fingerprint density at radius 1 is 1.00 bits per heavy atom. The molecule has 0 aliphatic carbocycles. The molecular formula is C22H20Cl2N6O2. The first-order valence-electron chi connectivity index (χ1n) is 9.75. The lowest BCUT2D eigenvalue weighted by Crippen LogP contribution is -2.15. The molecule has 0 saturated heterocycles. The largest absolute Gasteiger partial charge is 0.471 e. The van der Waals surface area contributed by atoms with E-state index in [-0.39, 0.29) is 18.4 Å². The number of anilines is 1. The number of hydrogen-bond acceptors (Lipinski definition) is 5. The van der Waals surface area contributed by atoms with Gasteiger partial charge in [-0.2, -0.15) is 5.10 Å². The fourth-order valence-corrected chi connectivity index (χ4v) is 3.45. The minimum Gasteiger partial charge on any atom is -0.471 e. The van der Waals surface area contributed by atoms with Crippen molar-refractivity contribution in [3.8, 4) is 5.75 Å². The number of amides is 1. The van der Waals surface area contributed by atoms with E-state index in [4.69, 9.17) is 27.9 Å². The SMILES string of the molecule is Cc1cc(C)cc(OCn2ccc(C(=O)Nc3ncn(Cc4ccc(Cl)c(Cl)c4)n3)n2)c1. The van der Waals surface area contributed by atoms with Crippen molar-refractivity contribution in [2.24, 2.45) is 0 Å². The van der Waals surface area contributed by atoms with Crippen LogP contribution in [0.5, 0.6) is 5.75 Å². The Morgan fingerprint density at radius 3 is 2.53 bits per heavy atom. The molecular weight excluding hydrogens is 451 g/mol. The predicted octanol–water partition coefficient (Wildman–Crippen LogP) is 4.74. The van der Waals surface area contributed by atoms with Crippen molar-refractivity contribution in [2.45, 2.75) is 27.1 Å². The van der Waals surface area contributed by atoms with Crippen molar-refractivity contribution < 1.29 is 9.53 Å². The molecule has 0 aliphatic rings. The summed E-state index contributed by atoms with van der Waals surface area (Å²) in [5.41, 5.74) is 3.37. The number of nitrogens with one attached hydrogen (secondary N) is 1. The second kappa shape index (κ2) is 9.42. The molecule has 2 heterocycles. The van der Waals surface area contributed by atoms with Gasteiger partial charge in [-0.25, -0.2) is 14.3 Å². The van der Waals surface area contributed by atoms with E-state index >= 15 is 0 Å². The van der Waals surface area contributed by atoms with Gasteiger partial charge in [0.25, 0.3) is 5.91 Å². The lowest BCUT2D eigenvalue weighted by molar-refractivity contribution is 0.101. The van der Waals surface area contributed by atoms with Crippen LogP contribution >= 0.6 is 23.2 Å². The van der Waals surface area contributed by atoms with Crippen LogP contribution in [0.4, 0.5) is 5.95 Å². The average molecular weight is 471 g/mol. The Balaban J connectivity index is 1.34. The van der Waals surface area contributed by atoms with Crippen LogP contribution < -0.4 is 10.1 Å². The number of ether oxygens (including phenoxy) is 1. The Hall–Kier alpha value is -3.36. The van der Waals surface area contributed by atoms with E-state index in [2.05, 4.69) is 26.6 Å². The maximum atomic E-state index is 12.5. The quantitative estimate of drug-likeness (QED) is 0.421. The van der Waals surface area contributed by atoms with Gasteiger partial charge in [-0.15, -0.1) is 5.10 Å². The van der Waals surface area contributed by atoms with Crippen molar-refractivity contribution in [3.05, 3.63) is 87.4 Å². The van der Waals surface area contributed by atoms with Crippen molar-refractivity contribution in [1.29, 1.82) is 0 Å². The number of aryl methyl sites for hydroxylation is 2. The minimum atomic E-state index is -0.414. The summed E-state index contributed by atoms with van der Waals surface area (Å²) in [4.78, 5) is 16.6. The number of carbonyl (C=O) groups excluding carboxylic acids is 1. The molecule has 4 rings (SSSR count). The van der Waals surface area contributed by atoms with Crippen molar-refractivity contribution in [3.63, 3.8) is 0 Å². The molecule has 0 atom stereocenters. The van der Waals surface area contributed by atoms with E-state index in [1.807, 2.05) is 32.0 Å². The lowest BCUT2D eigenvalue weighted by Gasteiger charge is -2.08. The summed E-state index contributed by atoms with van der Waals surface area (Å²) in [6.07, 6.45) is 3.20. The molecule has 0 aliphatic heterocycles. The Labute approximate surface area is 194 Å². The third-order valence-corrected chi connectivity index (χ3v) is 5.26. The summed E-state index contributed by atoms with van der Waals surface area (Å²) >= 11 is 12.0. The summed E-state index contributed by atoms with van der Waals surface area (Å²) in [5.74, 6) is 0.513. The molecule has 10 heteroatoms. The Bertz CT molecular complexity index is 1250. The highest BCUT2D eigenvalue weighted by atomic mass is 35.5. The molecule has 2 aromatic heterocycles. The molecule has 1 amide bonds. The van der Waals surface area contributed by atoms with Gasteiger partial charge in [0.1, 0.15) is 12.1 Å². The van der Waals surface area contributed by atoms with E-state index in [0.29, 0.717) is 16.6 Å². The Kier molecular flexibility index (Phi) is 6.43. The van der Waals surface area contributed by atoms with Gasteiger partial charge in [-0.1, -0.05) is 35.3 Å². The van der Waals surface area contributed by atoms with Crippen LogP contribution in [0.15, 0.2) is 55.0 Å². The molecule has 0 radical (unpaired) electrons. The zero-order valence-electron chi connectivity index (χ0n) is 17.4. The molecule has 164 valence electrons. The number of carbonyl (C=O) groups is 1. The number of hydrogen-bond donors (Lipinski definition) is 1. The first kappa shape index (κ1) is 21.9. The summed E-state index contributed by atoms with van der Waals surface area (Å²) in [7, 11) is 0. The number of benzene rings is 2. The van der Waals surface area contributed by atoms with Crippen LogP contribution in [0, 0.1) is 13.8 Å². The van der Waals surface area contributed by atoms with E-state index in [9.17, 15) is 4.79 Å². The zero-order chi connectivity index (χ0) is 22.7. The van der Waals surface area contributed by atoms with Gasteiger partial charge in [0, 0.05) is 6.20 Å². The number of rotatable bonds is 7. The molecule has 4 aromatic rings. The first-order chi connectivity index (χ1) is 15.4. The second-order valence-corrected chi connectivity index (χ2v) is 8.12. The fraction of sp³-hybridized carbons (Fsp3) is 0.182. The standard InChI is InChI=1S/C22H20Cl2N6O2/c1-14-7-15(2)9-17(8-14)32-13-29-6-5-20(27-29)21(31)26-22-25-12-30(28-22)11-16-3-4-18(23)19(24)10-16/h3-10,12H,11,13H2,1-2H3,(H,26,28,31). The third kappa shape index (κ3) is 5.46. The highest BCUT2D eigenvalue weighted by Crippen LogP contribution is 2.23. The normalized spacial score (nSPS) is 10.9. The molecule has 0 bridgehead atoms. The summed E-state index contributed by atoms with van der Waals surface area (Å²) in [6.45, 7) is 4.64. The molecule has 2 aromatic carbocycles. The van der Waals surface area contributed by atoms with Gasteiger partial charge in [-0.05, 0) is 60.9 Å². The molecule has 0 fully saturated rings. The minimum absolute atomic E-state index is 0.177. The van der Waals surface area contributed by atoms with Crippen LogP contribution in [-0.2, 0) is 13.3 Å². The van der Waals surface area contributed by atoms with Crippen LogP contribution in [0.2, 0.25) is 10.0 Å². The van der Waals surface area contributed by atoms with Crippen molar-refractivity contribution >= 4 is 35.1 Å². The number of halogens is 2. The first-order valence-corrected chi connectivity index (χ1v) is 10.5. The van der Waals surface area contributed by atoms with Gasteiger partial charge < -0.3 is 4.74 Å². The van der Waals surface area contributed by atoms with E-state index in [1.54, 1.807) is 33.8 Å². The zero-order valence-corrected chi connectivity index (χ0v) is 18.9. The van der Waals surface area contributed by atoms with E-state index < -0.39 is 5.91 Å². The molecule has 32 heavy (non-hydrogen) atoms. The van der Waals surface area contributed by atoms with Crippen LogP contribution in [-0.4, -0.2) is 30.5 Å². The summed E-state index contributed by atoms with van der Waals surface area (Å²) < 4.78 is 8.90. The van der Waals surface area contributed by atoms with E-state index in [1.165, 1.54) is 6.33 Å². The van der Waals surface area contributed by atoms with Gasteiger partial charge in [0.05, 0.1) is 16.6 Å². The molecule has 0 spiro atoms. The van der Waals surface area contributed by atoms with E-state index in [0.717, 1.165) is 22.4 Å². The van der Waals surface area contributed by atoms with Crippen molar-refractivity contribution in [2.75, 3.05) is 5.32 Å². The van der Waals surface area contributed by atoms with Gasteiger partial charge in [-0.3, -0.25) is 10.1 Å². The maximum absolute atomic E-state index is 12.5. The predicted molar refractivity (Wildman–Crippen MR) is 122 cm³/mol. The molecule has 0 unspecified atom stereocenters. The number of nitrogens with zero attached hydrogens (tertiary/aromatic N) is 5. The van der Waals surface area contributed by atoms with Crippen LogP contribution in [0.3, 0.4) is 0 Å². The Morgan fingerprint density at radius 2 is 1.78 bits per heavy atom. The number of aromatic nitrogens is 5.